The Labute approximate surface area is 118 Å². The summed E-state index contributed by atoms with van der Waals surface area (Å²) < 4.78 is 1.87. The van der Waals surface area contributed by atoms with Crippen LogP contribution in [0.5, 0.6) is 0 Å². The molecule has 20 heavy (non-hydrogen) atoms. The van der Waals surface area contributed by atoms with Gasteiger partial charge in [0.2, 0.25) is 0 Å². The first kappa shape index (κ1) is 13.1. The number of aromatic nitrogens is 2. The van der Waals surface area contributed by atoms with Crippen LogP contribution >= 0.6 is 0 Å². The molecule has 0 aromatic carbocycles. The van der Waals surface area contributed by atoms with Gasteiger partial charge in [-0.25, -0.2) is 4.98 Å². The van der Waals surface area contributed by atoms with Crippen molar-refractivity contribution in [1.82, 2.24) is 14.3 Å². The number of aldehydes is 1. The molecular formula is C15H20N4O. The molecule has 106 valence electrons. The number of likely N-dealkylation sites (N-methyl/N-ethyl adjacent to an activating group) is 1. The third-order valence-electron chi connectivity index (χ3n) is 3.88. The number of imidazole rings is 1. The zero-order valence-corrected chi connectivity index (χ0v) is 12.0. The van der Waals surface area contributed by atoms with Gasteiger partial charge in [0.1, 0.15) is 11.3 Å². The Morgan fingerprint density at radius 3 is 3.05 bits per heavy atom. The number of nitrogens with zero attached hydrogens (tertiary/aromatic N) is 4. The van der Waals surface area contributed by atoms with E-state index in [0.29, 0.717) is 11.7 Å². The Balaban J connectivity index is 2.02. The Morgan fingerprint density at radius 2 is 2.30 bits per heavy atom. The summed E-state index contributed by atoms with van der Waals surface area (Å²) in [6, 6.07) is 6.25. The second-order valence-corrected chi connectivity index (χ2v) is 5.62. The van der Waals surface area contributed by atoms with Crippen molar-refractivity contribution in [3.8, 4) is 0 Å². The van der Waals surface area contributed by atoms with Crippen molar-refractivity contribution in [2.24, 2.45) is 0 Å². The van der Waals surface area contributed by atoms with Crippen LogP contribution in [0.15, 0.2) is 24.4 Å². The first-order valence-corrected chi connectivity index (χ1v) is 7.04. The maximum atomic E-state index is 11.5. The Hall–Kier alpha value is -1.88. The van der Waals surface area contributed by atoms with E-state index in [1.807, 2.05) is 28.8 Å². The van der Waals surface area contributed by atoms with Gasteiger partial charge in [0.15, 0.2) is 12.1 Å². The Kier molecular flexibility index (Phi) is 3.44. The molecule has 0 spiro atoms. The van der Waals surface area contributed by atoms with Crippen molar-refractivity contribution in [2.45, 2.75) is 18.9 Å². The highest BCUT2D eigenvalue weighted by atomic mass is 16.1. The highest BCUT2D eigenvalue weighted by Crippen LogP contribution is 2.28. The molecule has 1 saturated heterocycles. The molecule has 1 aliphatic rings. The van der Waals surface area contributed by atoms with Crippen LogP contribution in [-0.4, -0.2) is 53.8 Å². The number of hydrogen-bond acceptors (Lipinski definition) is 4. The summed E-state index contributed by atoms with van der Waals surface area (Å²) in [4.78, 5) is 20.6. The van der Waals surface area contributed by atoms with Gasteiger partial charge >= 0.3 is 0 Å². The van der Waals surface area contributed by atoms with Gasteiger partial charge in [-0.3, -0.25) is 9.20 Å². The zero-order chi connectivity index (χ0) is 14.1. The molecular weight excluding hydrogens is 252 g/mol. The standard InChI is InChI=1S/C15H20N4O/c1-17(2)10-12-6-5-9-18(12)15-13(11-20)19-8-4-3-7-14(19)16-15/h3-4,7-8,11-12H,5-6,9-10H2,1-2H3. The molecule has 0 bridgehead atoms. The van der Waals surface area contributed by atoms with E-state index in [4.69, 9.17) is 0 Å². The van der Waals surface area contributed by atoms with Crippen LogP contribution < -0.4 is 4.90 Å². The summed E-state index contributed by atoms with van der Waals surface area (Å²) in [7, 11) is 4.17. The smallest absolute Gasteiger partial charge is 0.170 e. The maximum absolute atomic E-state index is 11.5. The normalized spacial score (nSPS) is 19.1. The molecule has 0 amide bonds. The molecule has 3 heterocycles. The van der Waals surface area contributed by atoms with Crippen molar-refractivity contribution in [1.29, 1.82) is 0 Å². The van der Waals surface area contributed by atoms with Crippen LogP contribution in [-0.2, 0) is 0 Å². The van der Waals surface area contributed by atoms with Gasteiger partial charge in [-0.05, 0) is 39.1 Å². The monoisotopic (exact) mass is 272 g/mol. The average molecular weight is 272 g/mol. The third kappa shape index (κ3) is 2.18. The number of pyridine rings is 1. The summed E-state index contributed by atoms with van der Waals surface area (Å²) in [5, 5.41) is 0. The minimum atomic E-state index is 0.439. The number of anilines is 1. The van der Waals surface area contributed by atoms with Gasteiger partial charge in [-0.1, -0.05) is 6.07 Å². The summed E-state index contributed by atoms with van der Waals surface area (Å²) in [5.74, 6) is 0.829. The van der Waals surface area contributed by atoms with Gasteiger partial charge in [0.05, 0.1) is 0 Å². The lowest BCUT2D eigenvalue weighted by molar-refractivity contribution is 0.111. The van der Waals surface area contributed by atoms with Gasteiger partial charge in [-0.15, -0.1) is 0 Å². The van der Waals surface area contributed by atoms with Crippen LogP contribution in [0.25, 0.3) is 5.65 Å². The second-order valence-electron chi connectivity index (χ2n) is 5.62. The van der Waals surface area contributed by atoms with Crippen molar-refractivity contribution >= 4 is 17.8 Å². The van der Waals surface area contributed by atoms with E-state index in [2.05, 4.69) is 28.9 Å². The molecule has 0 radical (unpaired) electrons. The minimum Gasteiger partial charge on any atom is -0.350 e. The predicted molar refractivity (Wildman–Crippen MR) is 79.5 cm³/mol. The van der Waals surface area contributed by atoms with E-state index in [9.17, 15) is 4.79 Å². The SMILES string of the molecule is CN(C)CC1CCCN1c1nc2ccccn2c1C=O. The lowest BCUT2D eigenvalue weighted by Gasteiger charge is -2.27. The first-order chi connectivity index (χ1) is 9.70. The lowest BCUT2D eigenvalue weighted by atomic mass is 10.2. The van der Waals surface area contributed by atoms with Crippen molar-refractivity contribution < 1.29 is 4.79 Å². The molecule has 0 aliphatic carbocycles. The van der Waals surface area contributed by atoms with Crippen LogP contribution in [0.4, 0.5) is 5.82 Å². The zero-order valence-electron chi connectivity index (χ0n) is 12.0. The molecule has 0 N–H and O–H groups in total. The average Bonchev–Trinajstić information content (AvgIpc) is 3.00. The van der Waals surface area contributed by atoms with Crippen molar-refractivity contribution in [3.63, 3.8) is 0 Å². The Bertz CT molecular complexity index is 619. The Morgan fingerprint density at radius 1 is 1.45 bits per heavy atom. The van der Waals surface area contributed by atoms with Crippen molar-refractivity contribution in [2.75, 3.05) is 32.1 Å². The van der Waals surface area contributed by atoms with E-state index in [0.717, 1.165) is 43.7 Å². The largest absolute Gasteiger partial charge is 0.350 e. The number of rotatable bonds is 4. The molecule has 3 rings (SSSR count). The van der Waals surface area contributed by atoms with Crippen molar-refractivity contribution in [3.05, 3.63) is 30.1 Å². The summed E-state index contributed by atoms with van der Waals surface area (Å²) in [5.41, 5.74) is 1.49. The molecule has 5 heteroatoms. The van der Waals surface area contributed by atoms with E-state index in [-0.39, 0.29) is 0 Å². The maximum Gasteiger partial charge on any atom is 0.170 e. The summed E-state index contributed by atoms with van der Waals surface area (Å²) in [6.45, 7) is 1.97. The fourth-order valence-electron chi connectivity index (χ4n) is 3.05. The number of hydrogen-bond donors (Lipinski definition) is 0. The van der Waals surface area contributed by atoms with Gasteiger partial charge in [0, 0.05) is 25.3 Å². The topological polar surface area (TPSA) is 40.9 Å². The second kappa shape index (κ2) is 5.25. The van der Waals surface area contributed by atoms with Gasteiger partial charge < -0.3 is 9.80 Å². The van der Waals surface area contributed by atoms with E-state index < -0.39 is 0 Å². The molecule has 0 saturated carbocycles. The highest BCUT2D eigenvalue weighted by Gasteiger charge is 2.29. The van der Waals surface area contributed by atoms with E-state index in [1.54, 1.807) is 0 Å². The molecule has 1 atom stereocenters. The molecule has 5 nitrogen and oxygen atoms in total. The van der Waals surface area contributed by atoms with E-state index >= 15 is 0 Å². The van der Waals surface area contributed by atoms with E-state index in [1.165, 1.54) is 0 Å². The third-order valence-corrected chi connectivity index (χ3v) is 3.88. The summed E-state index contributed by atoms with van der Waals surface area (Å²) >= 11 is 0. The number of carbonyl (C=O) groups is 1. The molecule has 1 aliphatic heterocycles. The lowest BCUT2D eigenvalue weighted by Crippen LogP contribution is -2.38. The summed E-state index contributed by atoms with van der Waals surface area (Å²) in [6.07, 6.45) is 5.13. The molecule has 1 unspecified atom stereocenters. The van der Waals surface area contributed by atoms with Gasteiger partial charge in [-0.2, -0.15) is 0 Å². The van der Waals surface area contributed by atoms with Crippen LogP contribution in [0.3, 0.4) is 0 Å². The first-order valence-electron chi connectivity index (χ1n) is 7.04. The molecule has 2 aromatic heterocycles. The molecule has 1 fully saturated rings. The minimum absolute atomic E-state index is 0.439. The van der Waals surface area contributed by atoms with Crippen LogP contribution in [0.1, 0.15) is 23.3 Å². The quantitative estimate of drug-likeness (QED) is 0.794. The number of carbonyl (C=O) groups excluding carboxylic acids is 1. The molecule has 2 aromatic rings. The fourth-order valence-corrected chi connectivity index (χ4v) is 3.05. The highest BCUT2D eigenvalue weighted by molar-refractivity contribution is 5.83. The number of fused-ring (bicyclic) bond motifs is 1. The predicted octanol–water partition coefficient (Wildman–Crippen LogP) is 1.68. The fraction of sp³-hybridized carbons (Fsp3) is 0.467. The van der Waals surface area contributed by atoms with Crippen LogP contribution in [0.2, 0.25) is 0 Å². The van der Waals surface area contributed by atoms with Crippen LogP contribution in [0, 0.1) is 0 Å². The van der Waals surface area contributed by atoms with Gasteiger partial charge in [0.25, 0.3) is 0 Å².